The smallest absolute Gasteiger partial charge is 0.332 e. The number of nitrogens with one attached hydrogen (secondary N) is 1. The number of nitrogens with zero attached hydrogens (tertiary/aromatic N) is 5. The van der Waals surface area contributed by atoms with Gasteiger partial charge in [-0.3, -0.25) is 18.5 Å². The molecule has 0 aliphatic carbocycles. The van der Waals surface area contributed by atoms with Gasteiger partial charge in [0.25, 0.3) is 5.56 Å². The Morgan fingerprint density at radius 2 is 1.89 bits per heavy atom. The van der Waals surface area contributed by atoms with E-state index in [1.54, 1.807) is 7.05 Å². The lowest BCUT2D eigenvalue weighted by Gasteiger charge is -2.23. The van der Waals surface area contributed by atoms with Gasteiger partial charge in [-0.25, -0.2) is 4.79 Å². The first-order chi connectivity index (χ1) is 17.0. The van der Waals surface area contributed by atoms with Gasteiger partial charge >= 0.3 is 5.69 Å². The van der Waals surface area contributed by atoms with Crippen LogP contribution in [0.2, 0.25) is 0 Å². The van der Waals surface area contributed by atoms with Gasteiger partial charge in [-0.05, 0) is 53.6 Å². The molecule has 2 aliphatic rings. The molecule has 1 aromatic carbocycles. The van der Waals surface area contributed by atoms with Gasteiger partial charge in [-0.15, -0.1) is 0 Å². The Bertz CT molecular complexity index is 1300. The minimum atomic E-state index is -0.396. The van der Waals surface area contributed by atoms with E-state index in [4.69, 9.17) is 14.5 Å². The third-order valence-corrected chi connectivity index (χ3v) is 7.66. The summed E-state index contributed by atoms with van der Waals surface area (Å²) in [6, 6.07) is 8.14. The molecular weight excluding hydrogens is 563 g/mol. The highest BCUT2D eigenvalue weighted by atomic mass is 127. The summed E-state index contributed by atoms with van der Waals surface area (Å²) < 4.78 is 17.2. The Hall–Kier alpha value is -2.22. The standard InChI is InChI=1S/C24H31IN6O4/c1-28-21-20(22(32)30(24(28)33)12-8-19-34-14-5-15-35-19)31(16-17-6-2-3-7-18(17)25)23(27-21)29-11-4-9-26-10-13-29/h2-3,6-7,19,26H,4-5,8-16H2,1H3. The van der Waals surface area contributed by atoms with Gasteiger partial charge in [0.1, 0.15) is 0 Å². The van der Waals surface area contributed by atoms with Crippen LogP contribution in [-0.2, 0) is 29.6 Å². The molecule has 1 N–H and O–H groups in total. The molecule has 0 radical (unpaired) electrons. The minimum absolute atomic E-state index is 0.225. The molecule has 0 amide bonds. The van der Waals surface area contributed by atoms with E-state index < -0.39 is 6.29 Å². The zero-order valence-corrected chi connectivity index (χ0v) is 22.1. The summed E-state index contributed by atoms with van der Waals surface area (Å²) >= 11 is 2.32. The number of rotatable bonds is 6. The van der Waals surface area contributed by atoms with Crippen LogP contribution in [0.15, 0.2) is 33.9 Å². The summed E-state index contributed by atoms with van der Waals surface area (Å²) in [6.45, 7) is 5.40. The number of aromatic nitrogens is 4. The third kappa shape index (κ3) is 5.04. The highest BCUT2D eigenvalue weighted by Gasteiger charge is 2.25. The minimum Gasteiger partial charge on any atom is -0.353 e. The van der Waals surface area contributed by atoms with Crippen molar-refractivity contribution in [1.82, 2.24) is 24.0 Å². The summed E-state index contributed by atoms with van der Waals surface area (Å²) in [5.74, 6) is 0.729. The molecule has 0 saturated carbocycles. The Morgan fingerprint density at radius 3 is 2.69 bits per heavy atom. The van der Waals surface area contributed by atoms with Gasteiger partial charge in [0.05, 0.1) is 19.8 Å². The summed E-state index contributed by atoms with van der Waals surface area (Å²) in [5, 5.41) is 3.42. The number of hydrogen-bond donors (Lipinski definition) is 1. The maximum Gasteiger partial charge on any atom is 0.332 e. The van der Waals surface area contributed by atoms with E-state index in [9.17, 15) is 9.59 Å². The molecule has 188 valence electrons. The van der Waals surface area contributed by atoms with Crippen molar-refractivity contribution in [1.29, 1.82) is 0 Å². The van der Waals surface area contributed by atoms with Gasteiger partial charge in [0, 0.05) is 43.2 Å². The highest BCUT2D eigenvalue weighted by molar-refractivity contribution is 14.1. The van der Waals surface area contributed by atoms with Crippen molar-refractivity contribution in [2.45, 2.75) is 38.6 Å². The van der Waals surface area contributed by atoms with Crippen molar-refractivity contribution in [3.63, 3.8) is 0 Å². The average molecular weight is 594 g/mol. The molecule has 2 saturated heterocycles. The van der Waals surface area contributed by atoms with Crippen LogP contribution in [0, 0.1) is 3.57 Å². The number of benzene rings is 1. The summed E-state index contributed by atoms with van der Waals surface area (Å²) in [7, 11) is 1.69. The predicted molar refractivity (Wildman–Crippen MR) is 142 cm³/mol. The Morgan fingerprint density at radius 1 is 1.09 bits per heavy atom. The highest BCUT2D eigenvalue weighted by Crippen LogP contribution is 2.24. The zero-order chi connectivity index (χ0) is 24.4. The second-order valence-electron chi connectivity index (χ2n) is 8.96. The fourth-order valence-corrected chi connectivity index (χ4v) is 5.29. The second kappa shape index (κ2) is 10.8. The van der Waals surface area contributed by atoms with Gasteiger partial charge in [0.15, 0.2) is 17.5 Å². The summed E-state index contributed by atoms with van der Waals surface area (Å²) in [4.78, 5) is 34.1. The van der Waals surface area contributed by atoms with Crippen molar-refractivity contribution in [3.8, 4) is 0 Å². The molecule has 0 bridgehead atoms. The van der Waals surface area contributed by atoms with E-state index in [2.05, 4.69) is 44.9 Å². The number of fused-ring (bicyclic) bond motifs is 1. The molecule has 10 nitrogen and oxygen atoms in total. The molecule has 2 aliphatic heterocycles. The van der Waals surface area contributed by atoms with Crippen LogP contribution in [-0.4, -0.2) is 64.4 Å². The SMILES string of the molecule is Cn1c(=O)n(CCC2OCCCO2)c(=O)c2c1nc(N1CCCNCC1)n2Cc1ccccc1I. The lowest BCUT2D eigenvalue weighted by molar-refractivity contribution is -0.182. The first-order valence-electron chi connectivity index (χ1n) is 12.2. The summed E-state index contributed by atoms with van der Waals surface area (Å²) in [5.41, 5.74) is 1.27. The Balaban J connectivity index is 1.62. The van der Waals surface area contributed by atoms with Crippen molar-refractivity contribution < 1.29 is 9.47 Å². The molecule has 0 unspecified atom stereocenters. The van der Waals surface area contributed by atoms with Gasteiger partial charge in [-0.1, -0.05) is 18.2 Å². The Kier molecular flexibility index (Phi) is 7.56. The first-order valence-corrected chi connectivity index (χ1v) is 13.2. The molecule has 2 fully saturated rings. The fourth-order valence-electron chi connectivity index (χ4n) is 4.73. The Labute approximate surface area is 217 Å². The van der Waals surface area contributed by atoms with E-state index in [0.717, 1.165) is 54.1 Å². The van der Waals surface area contributed by atoms with Crippen molar-refractivity contribution in [2.24, 2.45) is 7.05 Å². The number of ether oxygens (including phenoxy) is 2. The van der Waals surface area contributed by atoms with Crippen LogP contribution in [0.4, 0.5) is 5.95 Å². The van der Waals surface area contributed by atoms with E-state index in [-0.39, 0.29) is 17.8 Å². The number of imidazole rings is 1. The molecule has 5 rings (SSSR count). The zero-order valence-electron chi connectivity index (χ0n) is 19.9. The molecule has 4 heterocycles. The van der Waals surface area contributed by atoms with Crippen molar-refractivity contribution in [3.05, 3.63) is 54.2 Å². The van der Waals surface area contributed by atoms with Crippen LogP contribution in [0.3, 0.4) is 0 Å². The van der Waals surface area contributed by atoms with Gasteiger partial charge in [0.2, 0.25) is 5.95 Å². The number of hydrogen-bond acceptors (Lipinski definition) is 7. The van der Waals surface area contributed by atoms with Crippen molar-refractivity contribution >= 4 is 39.7 Å². The average Bonchev–Trinajstić information content (AvgIpc) is 3.04. The van der Waals surface area contributed by atoms with Crippen molar-refractivity contribution in [2.75, 3.05) is 44.3 Å². The molecule has 11 heteroatoms. The van der Waals surface area contributed by atoms with Crippen LogP contribution >= 0.6 is 22.6 Å². The molecule has 35 heavy (non-hydrogen) atoms. The van der Waals surface area contributed by atoms with Gasteiger partial charge in [-0.2, -0.15) is 4.98 Å². The molecular formula is C24H31IN6O4. The molecule has 0 spiro atoms. The molecule has 2 aromatic heterocycles. The monoisotopic (exact) mass is 594 g/mol. The predicted octanol–water partition coefficient (Wildman–Crippen LogP) is 1.50. The van der Waals surface area contributed by atoms with E-state index in [0.29, 0.717) is 37.3 Å². The topological polar surface area (TPSA) is 95.5 Å². The van der Waals surface area contributed by atoms with Gasteiger partial charge < -0.3 is 19.7 Å². The maximum absolute atomic E-state index is 13.8. The largest absolute Gasteiger partial charge is 0.353 e. The van der Waals surface area contributed by atoms with Crippen LogP contribution in [0.1, 0.15) is 24.8 Å². The quantitative estimate of drug-likeness (QED) is 0.433. The molecule has 3 aromatic rings. The lowest BCUT2D eigenvalue weighted by Crippen LogP contribution is -2.41. The van der Waals surface area contributed by atoms with Crippen LogP contribution in [0.5, 0.6) is 0 Å². The van der Waals surface area contributed by atoms with Crippen LogP contribution < -0.4 is 21.5 Å². The van der Waals surface area contributed by atoms with E-state index in [1.165, 1.54) is 9.13 Å². The van der Waals surface area contributed by atoms with E-state index >= 15 is 0 Å². The normalized spacial score (nSPS) is 17.7. The third-order valence-electron chi connectivity index (χ3n) is 6.61. The lowest BCUT2D eigenvalue weighted by atomic mass is 10.2. The van der Waals surface area contributed by atoms with E-state index in [1.807, 2.05) is 16.7 Å². The molecule has 0 atom stereocenters. The number of aryl methyl sites for hydroxylation is 1. The maximum atomic E-state index is 13.8. The van der Waals surface area contributed by atoms with Crippen LogP contribution in [0.25, 0.3) is 11.2 Å². The second-order valence-corrected chi connectivity index (χ2v) is 10.1. The summed E-state index contributed by atoms with van der Waals surface area (Å²) in [6.07, 6.45) is 1.88. The number of anilines is 1. The first kappa shape index (κ1) is 24.5. The fraction of sp³-hybridized carbons (Fsp3) is 0.542. The number of halogens is 1.